The summed E-state index contributed by atoms with van der Waals surface area (Å²) in [5.74, 6) is 0.231. The lowest BCUT2D eigenvalue weighted by atomic mass is 9.77. The molecule has 1 heterocycles. The molecule has 0 aromatic heterocycles. The standard InChI is InChI=1S/C18H21NO2/c1-11(2)16-17(15(10-20)19-18(16)21)14-9-5-7-12-6-3-4-8-13(12)14/h3-9,11,15-17,20H,10H2,1-2H3,(H,19,21)/t15-,16-,17+/m1/s1. The molecule has 1 aliphatic heterocycles. The number of nitrogens with one attached hydrogen (secondary N) is 1. The second-order valence-corrected chi connectivity index (χ2v) is 6.16. The van der Waals surface area contributed by atoms with Crippen molar-refractivity contribution in [2.75, 3.05) is 6.61 Å². The van der Waals surface area contributed by atoms with Gasteiger partial charge in [-0.2, -0.15) is 0 Å². The molecule has 1 amide bonds. The molecule has 1 aliphatic rings. The lowest BCUT2D eigenvalue weighted by Gasteiger charge is -2.25. The SMILES string of the molecule is CC(C)[C@H]1C(=O)N[C@H](CO)[C@@H]1c1cccc2ccccc12. The van der Waals surface area contributed by atoms with Gasteiger partial charge in [0.1, 0.15) is 0 Å². The zero-order valence-electron chi connectivity index (χ0n) is 12.4. The molecular weight excluding hydrogens is 262 g/mol. The summed E-state index contributed by atoms with van der Waals surface area (Å²) in [6.07, 6.45) is 0. The van der Waals surface area contributed by atoms with Gasteiger partial charge in [0.25, 0.3) is 0 Å². The van der Waals surface area contributed by atoms with Gasteiger partial charge in [0.15, 0.2) is 0 Å². The third-order valence-electron chi connectivity index (χ3n) is 4.55. The van der Waals surface area contributed by atoms with E-state index in [0.29, 0.717) is 0 Å². The molecular formula is C18H21NO2. The molecule has 2 aromatic rings. The summed E-state index contributed by atoms with van der Waals surface area (Å²) in [7, 11) is 0. The number of aliphatic hydroxyl groups is 1. The molecule has 2 N–H and O–H groups in total. The van der Waals surface area contributed by atoms with E-state index in [-0.39, 0.29) is 36.3 Å². The minimum atomic E-state index is -0.198. The maximum Gasteiger partial charge on any atom is 0.224 e. The van der Waals surface area contributed by atoms with E-state index in [1.54, 1.807) is 0 Å². The summed E-state index contributed by atoms with van der Waals surface area (Å²) in [6, 6.07) is 14.2. The van der Waals surface area contributed by atoms with E-state index in [0.717, 1.165) is 5.56 Å². The van der Waals surface area contributed by atoms with Gasteiger partial charge in [-0.15, -0.1) is 0 Å². The second kappa shape index (κ2) is 5.49. The van der Waals surface area contributed by atoms with E-state index in [9.17, 15) is 9.90 Å². The highest BCUT2D eigenvalue weighted by Crippen LogP contribution is 2.40. The molecule has 0 saturated carbocycles. The molecule has 3 nitrogen and oxygen atoms in total. The zero-order chi connectivity index (χ0) is 15.0. The quantitative estimate of drug-likeness (QED) is 0.910. The Kier molecular flexibility index (Phi) is 3.68. The smallest absolute Gasteiger partial charge is 0.224 e. The van der Waals surface area contributed by atoms with Gasteiger partial charge in [-0.3, -0.25) is 4.79 Å². The number of carbonyl (C=O) groups is 1. The molecule has 0 aliphatic carbocycles. The van der Waals surface area contributed by atoms with Crippen LogP contribution in [0.3, 0.4) is 0 Å². The first-order valence-corrected chi connectivity index (χ1v) is 7.52. The molecule has 0 spiro atoms. The van der Waals surface area contributed by atoms with E-state index in [1.165, 1.54) is 10.8 Å². The first-order valence-electron chi connectivity index (χ1n) is 7.52. The van der Waals surface area contributed by atoms with E-state index in [4.69, 9.17) is 0 Å². The summed E-state index contributed by atoms with van der Waals surface area (Å²) in [6.45, 7) is 4.12. The second-order valence-electron chi connectivity index (χ2n) is 6.16. The average Bonchev–Trinajstić information content (AvgIpc) is 2.83. The normalized spacial score (nSPS) is 25.5. The Morgan fingerprint density at radius 2 is 1.86 bits per heavy atom. The highest BCUT2D eigenvalue weighted by atomic mass is 16.3. The van der Waals surface area contributed by atoms with Crippen molar-refractivity contribution in [2.45, 2.75) is 25.8 Å². The van der Waals surface area contributed by atoms with Gasteiger partial charge < -0.3 is 10.4 Å². The van der Waals surface area contributed by atoms with Crippen LogP contribution in [0.4, 0.5) is 0 Å². The van der Waals surface area contributed by atoms with Crippen LogP contribution in [0.2, 0.25) is 0 Å². The zero-order valence-corrected chi connectivity index (χ0v) is 12.4. The first-order chi connectivity index (χ1) is 10.1. The minimum absolute atomic E-state index is 0.0219. The Morgan fingerprint density at radius 1 is 1.14 bits per heavy atom. The number of aliphatic hydroxyl groups excluding tert-OH is 1. The average molecular weight is 283 g/mol. The molecule has 3 rings (SSSR count). The molecule has 21 heavy (non-hydrogen) atoms. The van der Waals surface area contributed by atoms with Gasteiger partial charge in [0.2, 0.25) is 5.91 Å². The monoisotopic (exact) mass is 283 g/mol. The van der Waals surface area contributed by atoms with Crippen LogP contribution in [-0.4, -0.2) is 23.7 Å². The van der Waals surface area contributed by atoms with Crippen molar-refractivity contribution in [1.29, 1.82) is 0 Å². The Balaban J connectivity index is 2.16. The van der Waals surface area contributed by atoms with Crippen LogP contribution < -0.4 is 5.32 Å². The van der Waals surface area contributed by atoms with Crippen LogP contribution in [-0.2, 0) is 4.79 Å². The highest BCUT2D eigenvalue weighted by Gasteiger charge is 2.44. The number of fused-ring (bicyclic) bond motifs is 1. The molecule has 3 heteroatoms. The van der Waals surface area contributed by atoms with Gasteiger partial charge in [-0.25, -0.2) is 0 Å². The van der Waals surface area contributed by atoms with Gasteiger partial charge in [-0.1, -0.05) is 56.3 Å². The van der Waals surface area contributed by atoms with Crippen LogP contribution in [0, 0.1) is 11.8 Å². The lowest BCUT2D eigenvalue weighted by Crippen LogP contribution is -2.31. The maximum absolute atomic E-state index is 12.3. The van der Waals surface area contributed by atoms with Crippen molar-refractivity contribution in [3.8, 4) is 0 Å². The topological polar surface area (TPSA) is 49.3 Å². The highest BCUT2D eigenvalue weighted by molar-refractivity contribution is 5.89. The summed E-state index contributed by atoms with van der Waals surface area (Å²) < 4.78 is 0. The third-order valence-corrected chi connectivity index (χ3v) is 4.55. The van der Waals surface area contributed by atoms with Gasteiger partial charge in [0, 0.05) is 11.8 Å². The summed E-state index contributed by atoms with van der Waals surface area (Å²) in [5.41, 5.74) is 1.16. The van der Waals surface area contributed by atoms with Crippen molar-refractivity contribution in [3.63, 3.8) is 0 Å². The Morgan fingerprint density at radius 3 is 2.57 bits per heavy atom. The molecule has 3 atom stereocenters. The Bertz CT molecular complexity index is 660. The molecule has 1 fully saturated rings. The van der Waals surface area contributed by atoms with Gasteiger partial charge >= 0.3 is 0 Å². The fourth-order valence-corrected chi connectivity index (χ4v) is 3.61. The van der Waals surface area contributed by atoms with Crippen LogP contribution in [0.15, 0.2) is 42.5 Å². The van der Waals surface area contributed by atoms with Crippen LogP contribution >= 0.6 is 0 Å². The van der Waals surface area contributed by atoms with Crippen molar-refractivity contribution in [2.24, 2.45) is 11.8 Å². The van der Waals surface area contributed by atoms with Crippen molar-refractivity contribution >= 4 is 16.7 Å². The molecule has 0 unspecified atom stereocenters. The van der Waals surface area contributed by atoms with Crippen molar-refractivity contribution in [3.05, 3.63) is 48.0 Å². The molecule has 0 radical (unpaired) electrons. The predicted molar refractivity (Wildman–Crippen MR) is 84.0 cm³/mol. The number of amides is 1. The van der Waals surface area contributed by atoms with E-state index in [1.807, 2.05) is 18.2 Å². The van der Waals surface area contributed by atoms with Gasteiger partial charge in [0.05, 0.1) is 12.6 Å². The lowest BCUT2D eigenvalue weighted by molar-refractivity contribution is -0.123. The molecule has 2 aromatic carbocycles. The van der Waals surface area contributed by atoms with Gasteiger partial charge in [-0.05, 0) is 22.3 Å². The molecule has 1 saturated heterocycles. The van der Waals surface area contributed by atoms with Crippen LogP contribution in [0.5, 0.6) is 0 Å². The number of benzene rings is 2. The van der Waals surface area contributed by atoms with E-state index >= 15 is 0 Å². The van der Waals surface area contributed by atoms with E-state index in [2.05, 4.69) is 43.4 Å². The molecule has 110 valence electrons. The summed E-state index contributed by atoms with van der Waals surface area (Å²) in [4.78, 5) is 12.3. The summed E-state index contributed by atoms with van der Waals surface area (Å²) >= 11 is 0. The summed E-state index contributed by atoms with van der Waals surface area (Å²) in [5, 5.41) is 15.0. The number of rotatable bonds is 3. The Hall–Kier alpha value is -1.87. The Labute approximate surface area is 125 Å². The van der Waals surface area contributed by atoms with Crippen molar-refractivity contribution in [1.82, 2.24) is 5.32 Å². The fraction of sp³-hybridized carbons (Fsp3) is 0.389. The minimum Gasteiger partial charge on any atom is -0.394 e. The third kappa shape index (κ3) is 2.32. The first kappa shape index (κ1) is 14.1. The number of hydrogen-bond donors (Lipinski definition) is 2. The maximum atomic E-state index is 12.3. The molecule has 0 bridgehead atoms. The van der Waals surface area contributed by atoms with E-state index < -0.39 is 0 Å². The number of carbonyl (C=O) groups excluding carboxylic acids is 1. The largest absolute Gasteiger partial charge is 0.394 e. The van der Waals surface area contributed by atoms with Crippen molar-refractivity contribution < 1.29 is 9.90 Å². The van der Waals surface area contributed by atoms with Crippen LogP contribution in [0.25, 0.3) is 10.8 Å². The number of hydrogen-bond acceptors (Lipinski definition) is 2. The van der Waals surface area contributed by atoms with Crippen LogP contribution in [0.1, 0.15) is 25.3 Å². The fourth-order valence-electron chi connectivity index (χ4n) is 3.61. The predicted octanol–water partition coefficient (Wildman–Crippen LogP) is 2.69.